The van der Waals surface area contributed by atoms with Gasteiger partial charge in [0.1, 0.15) is 4.91 Å². The third-order valence-electron chi connectivity index (χ3n) is 2.02. The van der Waals surface area contributed by atoms with E-state index in [0.717, 1.165) is 11.6 Å². The summed E-state index contributed by atoms with van der Waals surface area (Å²) >= 11 is 0. The first-order valence-corrected chi connectivity index (χ1v) is 5.81. The van der Waals surface area contributed by atoms with Gasteiger partial charge < -0.3 is 0 Å². The average molecular weight is 228 g/mol. The highest BCUT2D eigenvalue weighted by Gasteiger charge is 2.29. The molecule has 1 aliphatic carbocycles. The molecule has 0 saturated carbocycles. The van der Waals surface area contributed by atoms with Gasteiger partial charge in [-0.1, -0.05) is 17.7 Å². The summed E-state index contributed by atoms with van der Waals surface area (Å²) in [7, 11) is -4.41. The van der Waals surface area contributed by atoms with Crippen LogP contribution in [0.4, 0.5) is 0 Å². The van der Waals surface area contributed by atoms with E-state index in [-0.39, 0.29) is 0 Å². The van der Waals surface area contributed by atoms with Crippen LogP contribution in [0.25, 0.3) is 0 Å². The van der Waals surface area contributed by atoms with E-state index in [4.69, 9.17) is 4.55 Å². The topological polar surface area (TPSA) is 71.4 Å². The number of carbonyl (C=O) groups excluding carboxylic acids is 1. The Labute approximate surface area is 88.7 Å². The second-order valence-electron chi connectivity index (χ2n) is 3.52. The molecule has 0 amide bonds. The van der Waals surface area contributed by atoms with Gasteiger partial charge in [0, 0.05) is 5.92 Å². The zero-order chi connectivity index (χ0) is 11.6. The zero-order valence-electron chi connectivity index (χ0n) is 8.30. The van der Waals surface area contributed by atoms with E-state index in [1.807, 2.05) is 0 Å². The first-order chi connectivity index (χ1) is 6.82. The molecular weight excluding hydrogens is 216 g/mol. The van der Waals surface area contributed by atoms with Crippen molar-refractivity contribution in [2.24, 2.45) is 5.92 Å². The minimum atomic E-state index is -4.41. The lowest BCUT2D eigenvalue weighted by atomic mass is 9.93. The van der Waals surface area contributed by atoms with E-state index in [1.165, 1.54) is 6.08 Å². The van der Waals surface area contributed by atoms with Gasteiger partial charge in [-0.05, 0) is 19.4 Å². The molecule has 1 N–H and O–H groups in total. The molecule has 4 nitrogen and oxygen atoms in total. The molecule has 5 heteroatoms. The molecule has 0 spiro atoms. The third-order valence-corrected chi connectivity index (χ3v) is 2.91. The van der Waals surface area contributed by atoms with Crippen LogP contribution in [-0.2, 0) is 14.9 Å². The predicted molar refractivity (Wildman–Crippen MR) is 56.7 cm³/mol. The van der Waals surface area contributed by atoms with Crippen molar-refractivity contribution in [1.29, 1.82) is 0 Å². The van der Waals surface area contributed by atoms with Crippen molar-refractivity contribution in [3.63, 3.8) is 0 Å². The first kappa shape index (κ1) is 11.9. The first-order valence-electron chi connectivity index (χ1n) is 4.37. The summed E-state index contributed by atoms with van der Waals surface area (Å²) in [6, 6.07) is 0. The van der Waals surface area contributed by atoms with Gasteiger partial charge in [-0.3, -0.25) is 9.35 Å². The molecule has 0 aromatic heterocycles. The van der Waals surface area contributed by atoms with Gasteiger partial charge in [0.25, 0.3) is 10.1 Å². The molecule has 0 aromatic carbocycles. The highest BCUT2D eigenvalue weighted by Crippen LogP contribution is 2.23. The Morgan fingerprint density at radius 1 is 1.60 bits per heavy atom. The summed E-state index contributed by atoms with van der Waals surface area (Å²) < 4.78 is 30.5. The lowest BCUT2D eigenvalue weighted by Gasteiger charge is -2.15. The number of ketones is 1. The van der Waals surface area contributed by atoms with Crippen LogP contribution >= 0.6 is 0 Å². The zero-order valence-corrected chi connectivity index (χ0v) is 9.12. The normalized spacial score (nSPS) is 21.3. The Morgan fingerprint density at radius 3 is 2.67 bits per heavy atom. The molecule has 0 aromatic rings. The molecule has 1 rings (SSSR count). The molecule has 0 saturated heterocycles. The van der Waals surface area contributed by atoms with Gasteiger partial charge in [-0.2, -0.15) is 8.42 Å². The lowest BCUT2D eigenvalue weighted by Crippen LogP contribution is -2.22. The number of carbonyl (C=O) groups is 1. The van der Waals surface area contributed by atoms with Crippen molar-refractivity contribution >= 4 is 15.9 Å². The lowest BCUT2D eigenvalue weighted by molar-refractivity contribution is -0.117. The van der Waals surface area contributed by atoms with Crippen molar-refractivity contribution in [3.05, 3.63) is 35.3 Å². The highest BCUT2D eigenvalue weighted by molar-refractivity contribution is 7.90. The minimum Gasteiger partial charge on any atom is -0.293 e. The second-order valence-corrected chi connectivity index (χ2v) is 4.91. The van der Waals surface area contributed by atoms with Crippen molar-refractivity contribution in [3.8, 4) is 0 Å². The van der Waals surface area contributed by atoms with Gasteiger partial charge in [0.2, 0.25) is 0 Å². The number of allylic oxidation sites excluding steroid dienone is 5. The molecule has 1 atom stereocenters. The molecule has 0 aliphatic heterocycles. The number of rotatable bonds is 3. The Kier molecular flexibility index (Phi) is 3.26. The van der Waals surface area contributed by atoms with Crippen molar-refractivity contribution in [1.82, 2.24) is 0 Å². The van der Waals surface area contributed by atoms with Crippen LogP contribution in [0.3, 0.4) is 0 Å². The Morgan fingerprint density at radius 2 is 2.20 bits per heavy atom. The van der Waals surface area contributed by atoms with E-state index in [9.17, 15) is 13.2 Å². The van der Waals surface area contributed by atoms with Crippen LogP contribution in [0.15, 0.2) is 35.3 Å². The maximum absolute atomic E-state index is 11.6. The van der Waals surface area contributed by atoms with Crippen LogP contribution in [0.5, 0.6) is 0 Å². The fourth-order valence-electron chi connectivity index (χ4n) is 1.38. The van der Waals surface area contributed by atoms with E-state index in [2.05, 4.69) is 6.58 Å². The van der Waals surface area contributed by atoms with Gasteiger partial charge in [-0.25, -0.2) is 0 Å². The smallest absolute Gasteiger partial charge is 0.293 e. The van der Waals surface area contributed by atoms with Crippen LogP contribution in [0, 0.1) is 5.92 Å². The SMILES string of the molecule is C=C(C)CC1C=CC=C(S(=O)(=O)O)C1=O. The van der Waals surface area contributed by atoms with Crippen LogP contribution < -0.4 is 0 Å². The van der Waals surface area contributed by atoms with E-state index >= 15 is 0 Å². The van der Waals surface area contributed by atoms with Gasteiger partial charge in [-0.15, -0.1) is 6.58 Å². The highest BCUT2D eigenvalue weighted by atomic mass is 32.2. The molecular formula is C10H12O4S. The number of Topliss-reactive ketones (excluding diaryl/α,β-unsaturated/α-hetero) is 1. The number of hydrogen-bond acceptors (Lipinski definition) is 3. The maximum atomic E-state index is 11.6. The fourth-order valence-corrected chi connectivity index (χ4v) is 2.03. The fraction of sp³-hybridized carbons (Fsp3) is 0.300. The van der Waals surface area contributed by atoms with Gasteiger partial charge >= 0.3 is 0 Å². The minimum absolute atomic E-state index is 0.391. The van der Waals surface area contributed by atoms with E-state index < -0.39 is 26.7 Å². The predicted octanol–water partition coefficient (Wildman–Crippen LogP) is 1.48. The van der Waals surface area contributed by atoms with Crippen molar-refractivity contribution in [2.45, 2.75) is 13.3 Å². The summed E-state index contributed by atoms with van der Waals surface area (Å²) in [6.07, 6.45) is 4.55. The largest absolute Gasteiger partial charge is 0.298 e. The van der Waals surface area contributed by atoms with Gasteiger partial charge in [0.05, 0.1) is 0 Å². The quantitative estimate of drug-likeness (QED) is 0.586. The summed E-state index contributed by atoms with van der Waals surface area (Å²) in [4.78, 5) is 11.1. The maximum Gasteiger partial charge on any atom is 0.298 e. The molecule has 0 bridgehead atoms. The third kappa shape index (κ3) is 2.87. The summed E-state index contributed by atoms with van der Waals surface area (Å²) in [5.41, 5.74) is 0.787. The summed E-state index contributed by atoms with van der Waals surface area (Å²) in [5, 5.41) is 0. The Bertz CT molecular complexity index is 454. The van der Waals surface area contributed by atoms with E-state index in [1.54, 1.807) is 13.0 Å². The summed E-state index contributed by atoms with van der Waals surface area (Å²) in [5.74, 6) is -1.12. The van der Waals surface area contributed by atoms with Crippen molar-refractivity contribution < 1.29 is 17.8 Å². The molecule has 1 unspecified atom stereocenters. The van der Waals surface area contributed by atoms with Crippen LogP contribution in [0.2, 0.25) is 0 Å². The molecule has 0 heterocycles. The average Bonchev–Trinajstić information content (AvgIpc) is 2.05. The number of hydrogen-bond donors (Lipinski definition) is 1. The van der Waals surface area contributed by atoms with Crippen LogP contribution in [-0.4, -0.2) is 18.8 Å². The molecule has 0 fully saturated rings. The Balaban J connectivity index is 2.99. The summed E-state index contributed by atoms with van der Waals surface area (Å²) in [6.45, 7) is 5.41. The van der Waals surface area contributed by atoms with Crippen LogP contribution in [0.1, 0.15) is 13.3 Å². The molecule has 0 radical (unpaired) electrons. The second kappa shape index (κ2) is 4.12. The molecule has 15 heavy (non-hydrogen) atoms. The molecule has 1 aliphatic rings. The molecule has 82 valence electrons. The van der Waals surface area contributed by atoms with Gasteiger partial charge in [0.15, 0.2) is 5.78 Å². The standard InChI is InChI=1S/C10H12O4S/c1-7(2)6-8-4-3-5-9(10(8)11)15(12,13)14/h3-5,8H,1,6H2,2H3,(H,12,13,14). The Hall–Kier alpha value is -1.20. The van der Waals surface area contributed by atoms with E-state index in [0.29, 0.717) is 6.42 Å². The monoisotopic (exact) mass is 228 g/mol. The van der Waals surface area contributed by atoms with Crippen molar-refractivity contribution in [2.75, 3.05) is 0 Å².